The van der Waals surface area contributed by atoms with Crippen molar-refractivity contribution in [3.8, 4) is 11.1 Å². The molecule has 0 unspecified atom stereocenters. The Morgan fingerprint density at radius 3 is 2.09 bits per heavy atom. The van der Waals surface area contributed by atoms with Gasteiger partial charge in [0.05, 0.1) is 18.5 Å². The number of carboxylic acids is 1. The summed E-state index contributed by atoms with van der Waals surface area (Å²) < 4.78 is 5.60. The minimum absolute atomic E-state index is 0.0463. The van der Waals surface area contributed by atoms with Crippen LogP contribution in [0, 0.1) is 5.41 Å². The van der Waals surface area contributed by atoms with E-state index >= 15 is 0 Å². The second-order valence-corrected chi connectivity index (χ2v) is 9.66. The quantitative estimate of drug-likeness (QED) is 0.605. The van der Waals surface area contributed by atoms with Gasteiger partial charge >= 0.3 is 12.1 Å². The molecule has 0 bridgehead atoms. The number of likely N-dealkylation sites (tertiary alicyclic amines) is 1. The van der Waals surface area contributed by atoms with Gasteiger partial charge in [-0.05, 0) is 35.1 Å². The lowest BCUT2D eigenvalue weighted by atomic mass is 9.81. The van der Waals surface area contributed by atoms with Crippen LogP contribution in [0.5, 0.6) is 0 Å². The SMILES string of the molecule is O=C(NCC1(C(=O)N2CC(O)(C(=O)O)C2)CCCC1)OCC1c2ccccc2-c2ccccc21. The molecule has 34 heavy (non-hydrogen) atoms. The number of hydrogen-bond donors (Lipinski definition) is 3. The zero-order chi connectivity index (χ0) is 23.9. The number of amides is 2. The number of carbonyl (C=O) groups is 3. The van der Waals surface area contributed by atoms with Crippen LogP contribution in [-0.2, 0) is 14.3 Å². The van der Waals surface area contributed by atoms with Crippen molar-refractivity contribution in [3.05, 3.63) is 59.7 Å². The molecular formula is C26H28N2O6. The smallest absolute Gasteiger partial charge is 0.407 e. The van der Waals surface area contributed by atoms with Crippen molar-refractivity contribution >= 4 is 18.0 Å². The number of hydrogen-bond acceptors (Lipinski definition) is 5. The van der Waals surface area contributed by atoms with Crippen LogP contribution in [0.3, 0.4) is 0 Å². The fraction of sp³-hybridized carbons (Fsp3) is 0.423. The zero-order valence-corrected chi connectivity index (χ0v) is 18.8. The lowest BCUT2D eigenvalue weighted by Gasteiger charge is -2.46. The number of nitrogens with zero attached hydrogens (tertiary/aromatic N) is 1. The molecule has 2 fully saturated rings. The number of carboxylic acid groups (broad SMARTS) is 1. The van der Waals surface area contributed by atoms with E-state index in [1.165, 1.54) is 4.90 Å². The minimum Gasteiger partial charge on any atom is -0.479 e. The number of ether oxygens (including phenoxy) is 1. The molecule has 1 saturated carbocycles. The van der Waals surface area contributed by atoms with Crippen molar-refractivity contribution in [3.63, 3.8) is 0 Å². The van der Waals surface area contributed by atoms with Gasteiger partial charge in [-0.3, -0.25) is 4.79 Å². The highest BCUT2D eigenvalue weighted by Crippen LogP contribution is 2.45. The van der Waals surface area contributed by atoms with Crippen molar-refractivity contribution in [1.29, 1.82) is 0 Å². The van der Waals surface area contributed by atoms with Gasteiger partial charge in [-0.1, -0.05) is 61.4 Å². The molecule has 178 valence electrons. The largest absolute Gasteiger partial charge is 0.479 e. The Labute approximate surface area is 197 Å². The minimum atomic E-state index is -1.88. The maximum Gasteiger partial charge on any atom is 0.407 e. The average molecular weight is 465 g/mol. The van der Waals surface area contributed by atoms with Gasteiger partial charge in [0.25, 0.3) is 0 Å². The lowest BCUT2D eigenvalue weighted by Crippen LogP contribution is -2.69. The Morgan fingerprint density at radius 2 is 1.53 bits per heavy atom. The molecule has 0 spiro atoms. The van der Waals surface area contributed by atoms with Gasteiger partial charge < -0.3 is 25.2 Å². The number of carbonyl (C=O) groups excluding carboxylic acids is 2. The molecule has 8 nitrogen and oxygen atoms in total. The fourth-order valence-electron chi connectivity index (χ4n) is 5.61. The van der Waals surface area contributed by atoms with E-state index in [2.05, 4.69) is 29.6 Å². The molecule has 2 aliphatic carbocycles. The van der Waals surface area contributed by atoms with E-state index in [1.54, 1.807) is 0 Å². The van der Waals surface area contributed by atoms with Crippen LogP contribution in [0.15, 0.2) is 48.5 Å². The summed E-state index contributed by atoms with van der Waals surface area (Å²) in [5.74, 6) is -1.58. The Hall–Kier alpha value is -3.39. The van der Waals surface area contributed by atoms with E-state index in [0.717, 1.165) is 35.1 Å². The van der Waals surface area contributed by atoms with E-state index in [9.17, 15) is 19.5 Å². The molecule has 5 rings (SSSR count). The Balaban J connectivity index is 1.21. The van der Waals surface area contributed by atoms with Crippen LogP contribution in [0.1, 0.15) is 42.7 Å². The second-order valence-electron chi connectivity index (χ2n) is 9.66. The fourth-order valence-corrected chi connectivity index (χ4v) is 5.61. The Morgan fingerprint density at radius 1 is 0.971 bits per heavy atom. The standard InChI is InChI=1S/C26H28N2O6/c29-22(28-15-26(33,16-28)23(30)31)25(11-5-6-12-25)14-27-24(32)34-13-21-19-9-3-1-7-17(19)18-8-2-4-10-20(18)21/h1-4,7-10,21,33H,5-6,11-16H2,(H,27,32)(H,30,31). The molecule has 0 atom stereocenters. The van der Waals surface area contributed by atoms with Crippen LogP contribution in [-0.4, -0.2) is 64.9 Å². The van der Waals surface area contributed by atoms with E-state index in [4.69, 9.17) is 9.84 Å². The lowest BCUT2D eigenvalue weighted by molar-refractivity contribution is -0.185. The monoisotopic (exact) mass is 464 g/mol. The zero-order valence-electron chi connectivity index (χ0n) is 18.8. The summed E-state index contributed by atoms with van der Waals surface area (Å²) in [6, 6.07) is 16.2. The molecule has 1 aliphatic heterocycles. The van der Waals surface area contributed by atoms with Crippen LogP contribution in [0.4, 0.5) is 4.79 Å². The molecule has 2 amide bonds. The topological polar surface area (TPSA) is 116 Å². The van der Waals surface area contributed by atoms with E-state index in [-0.39, 0.29) is 38.1 Å². The van der Waals surface area contributed by atoms with Gasteiger partial charge in [-0.15, -0.1) is 0 Å². The summed E-state index contributed by atoms with van der Waals surface area (Å²) in [6.45, 7) is -0.134. The van der Waals surface area contributed by atoms with Crippen LogP contribution in [0.2, 0.25) is 0 Å². The third-order valence-corrected chi connectivity index (χ3v) is 7.52. The summed E-state index contributed by atoms with van der Waals surface area (Å²) in [7, 11) is 0. The van der Waals surface area contributed by atoms with Crippen LogP contribution < -0.4 is 5.32 Å². The molecule has 3 aliphatic rings. The van der Waals surface area contributed by atoms with Gasteiger partial charge in [0.15, 0.2) is 5.60 Å². The first kappa shape index (κ1) is 22.4. The van der Waals surface area contributed by atoms with Gasteiger partial charge in [-0.25, -0.2) is 9.59 Å². The van der Waals surface area contributed by atoms with Gasteiger partial charge in [0, 0.05) is 12.5 Å². The summed E-state index contributed by atoms with van der Waals surface area (Å²) >= 11 is 0. The predicted octanol–water partition coefficient (Wildman–Crippen LogP) is 2.74. The van der Waals surface area contributed by atoms with Crippen LogP contribution in [0.25, 0.3) is 11.1 Å². The summed E-state index contributed by atoms with van der Waals surface area (Å²) in [4.78, 5) is 38.3. The third kappa shape index (κ3) is 3.72. The number of alkyl carbamates (subject to hydrolysis) is 1. The Kier molecular flexibility index (Phi) is 5.56. The van der Waals surface area contributed by atoms with Crippen molar-refractivity contribution in [1.82, 2.24) is 10.2 Å². The molecule has 1 heterocycles. The first-order chi connectivity index (χ1) is 16.3. The van der Waals surface area contributed by atoms with E-state index in [0.29, 0.717) is 12.8 Å². The number of rotatable bonds is 6. The highest BCUT2D eigenvalue weighted by Gasteiger charge is 2.54. The first-order valence-corrected chi connectivity index (χ1v) is 11.7. The molecule has 0 aromatic heterocycles. The van der Waals surface area contributed by atoms with Crippen molar-refractivity contribution in [2.24, 2.45) is 5.41 Å². The van der Waals surface area contributed by atoms with Gasteiger partial charge in [0.1, 0.15) is 6.61 Å². The number of aliphatic hydroxyl groups is 1. The van der Waals surface area contributed by atoms with Crippen molar-refractivity contribution in [2.75, 3.05) is 26.2 Å². The molecule has 3 N–H and O–H groups in total. The molecule has 1 saturated heterocycles. The number of nitrogens with one attached hydrogen (secondary N) is 1. The molecule has 2 aromatic rings. The van der Waals surface area contributed by atoms with Gasteiger partial charge in [-0.2, -0.15) is 0 Å². The summed E-state index contributed by atoms with van der Waals surface area (Å²) in [5.41, 5.74) is 1.89. The molecular weight excluding hydrogens is 436 g/mol. The summed E-state index contributed by atoms with van der Waals surface area (Å²) in [5, 5.41) is 21.9. The van der Waals surface area contributed by atoms with E-state index in [1.807, 2.05) is 24.3 Å². The maximum atomic E-state index is 13.1. The molecule has 0 radical (unpaired) electrons. The number of benzene rings is 2. The normalized spacial score (nSPS) is 19.6. The second kappa shape index (κ2) is 8.43. The average Bonchev–Trinajstić information content (AvgIpc) is 3.43. The molecule has 2 aromatic carbocycles. The maximum absolute atomic E-state index is 13.1. The number of β-amino-alcohol motifs (C(OH)–C–C–N with tert-alkyl or cyclic N) is 1. The van der Waals surface area contributed by atoms with Crippen molar-refractivity contribution < 1.29 is 29.3 Å². The predicted molar refractivity (Wildman–Crippen MR) is 123 cm³/mol. The van der Waals surface area contributed by atoms with Crippen LogP contribution >= 0.6 is 0 Å². The summed E-state index contributed by atoms with van der Waals surface area (Å²) in [6.07, 6.45) is 2.35. The number of aliphatic carboxylic acids is 1. The highest BCUT2D eigenvalue weighted by atomic mass is 16.5. The van der Waals surface area contributed by atoms with Gasteiger partial charge in [0.2, 0.25) is 5.91 Å². The van der Waals surface area contributed by atoms with E-state index < -0.39 is 23.1 Å². The number of fused-ring (bicyclic) bond motifs is 3. The highest BCUT2D eigenvalue weighted by molar-refractivity contribution is 5.89. The Bertz CT molecular complexity index is 1090. The van der Waals surface area contributed by atoms with Crippen molar-refractivity contribution in [2.45, 2.75) is 37.2 Å². The third-order valence-electron chi connectivity index (χ3n) is 7.52. The molecule has 8 heteroatoms. The first-order valence-electron chi connectivity index (χ1n) is 11.7.